The summed E-state index contributed by atoms with van der Waals surface area (Å²) in [6.45, 7) is 2.12. The molecule has 3 amide bonds. The van der Waals surface area contributed by atoms with Crippen molar-refractivity contribution in [1.29, 1.82) is 0 Å². The molecule has 135 heavy (non-hydrogen) atoms. The Balaban J connectivity index is 0.000000108. The van der Waals surface area contributed by atoms with Crippen LogP contribution in [0.3, 0.4) is 0 Å². The highest BCUT2D eigenvalue weighted by Gasteiger charge is 2.26. The van der Waals surface area contributed by atoms with Crippen molar-refractivity contribution in [3.05, 3.63) is 348 Å². The van der Waals surface area contributed by atoms with Gasteiger partial charge in [-0.1, -0.05) is 116 Å². The Morgan fingerprint density at radius 3 is 1.16 bits per heavy atom. The summed E-state index contributed by atoms with van der Waals surface area (Å²) in [6.07, 6.45) is 50.8. The van der Waals surface area contributed by atoms with Crippen molar-refractivity contribution < 1.29 is 50.8 Å². The molecule has 0 unspecified atom stereocenters. The molecule has 26 heteroatoms. The number of rotatable bonds is 24. The average Bonchev–Trinajstić information content (AvgIpc) is 1.73. The number of methoxy groups -OCH3 is 1. The van der Waals surface area contributed by atoms with Crippen LogP contribution in [0.1, 0.15) is 76.0 Å². The molecule has 0 bridgehead atoms. The predicted octanol–water partition coefficient (Wildman–Crippen LogP) is 23.7. The molecule has 0 spiro atoms. The molecule has 16 heterocycles. The number of furan rings is 5. The molecule has 5 aromatic carbocycles. The standard InChI is InChI=1S/C24H23N3O2.C22H15N3O2.C22H19N3O2.C21H15N3O2.C20H19N3O3/c28-24(27-18-6-2-1-3-7-18)20-9-5-4-8-19(20)17-12-21-22(16-10-11-29-15-16)14-26-23(21)25-13-17;1-2-5-17(6-3-1)27-22-18(7-4-9-23-22)16-11-19-20(15-8-10-26-14-15)13-25-21(19)24-12-16;26-22(25-10-14-5-6-14)18-4-2-1-3-17(18)16-9-19-20(15-7-8-27-13-15)12-24-21(19)23-11-16;1-2-8-22-21(25)17-6-4-3-5-16(17)15-10-18-19(14-7-9-26-13-14)12-24-20(18)23-11-15;1-24-9-7-23-26-19-5-3-2-4-16(19)15-10-17-18(14-6-8-25-13-14)12-22-20(17)21-11-15/h4-5,8-15,18H,1-3,6-7H2,(H,25,26)(H,27,28);1-14H,(H,24,25);1-4,7-9,11-14H,5-6,10H2,(H,23,24)(H,25,26);1,3-7,9-13H,8H2,(H,22,25)(H,23,24);2-6,8,10-13,23H,7,9H2,1H3,(H,21,22). The van der Waals surface area contributed by atoms with E-state index in [1.807, 2.05) is 226 Å². The topological polar surface area (TPSA) is 349 Å². The molecular formula is C109H91N15O11. The number of nitrogens with zero attached hydrogens (tertiary/aromatic N) is 6. The SMILES string of the molecule is C#CCNC(=O)c1ccccc1-c1cnc2[nH]cc(-c3ccoc3)c2c1.COCCNOc1ccccc1-c1cnc2[nH]cc(-c3ccoc3)c2c1.O=C(NC1CCCCC1)c1ccccc1-c1cnc2[nH]cc(-c3ccoc3)c2c1.O=C(NCC1CC1)c1ccccc1-c1cnc2[nH]cc(-c3ccoc3)c2c1.c1ccc(Oc2ncccc2-c2cnc3[nH]cc(-c4ccoc4)c3c2)cc1. The van der Waals surface area contributed by atoms with Crippen molar-refractivity contribution >= 4 is 72.9 Å². The van der Waals surface area contributed by atoms with E-state index < -0.39 is 0 Å². The fourth-order valence-electron chi connectivity index (χ4n) is 16.6. The van der Waals surface area contributed by atoms with E-state index in [0.29, 0.717) is 41.6 Å². The van der Waals surface area contributed by atoms with E-state index >= 15 is 0 Å². The zero-order chi connectivity index (χ0) is 91.6. The van der Waals surface area contributed by atoms with Crippen LogP contribution in [0.15, 0.2) is 353 Å². The van der Waals surface area contributed by atoms with E-state index in [0.717, 1.165) is 197 Å². The lowest BCUT2D eigenvalue weighted by atomic mass is 9.94. The fourth-order valence-corrected chi connectivity index (χ4v) is 16.6. The van der Waals surface area contributed by atoms with Gasteiger partial charge in [-0.05, 0) is 157 Å². The highest BCUT2D eigenvalue weighted by Crippen LogP contribution is 2.41. The molecule has 2 fully saturated rings. The molecule has 668 valence electrons. The number of para-hydroxylation sites is 2. The third-order valence-corrected chi connectivity index (χ3v) is 23.6. The molecule has 0 radical (unpaired) electrons. The van der Waals surface area contributed by atoms with Gasteiger partial charge in [0.2, 0.25) is 5.88 Å². The van der Waals surface area contributed by atoms with Crippen LogP contribution in [-0.2, 0) is 4.74 Å². The third kappa shape index (κ3) is 20.0. The number of carbonyl (C=O) groups is 3. The number of aromatic nitrogens is 11. The maximum Gasteiger partial charge on any atom is 0.252 e. The minimum absolute atomic E-state index is 0.00303. The molecule has 26 nitrogen and oxygen atoms in total. The van der Waals surface area contributed by atoms with Crippen molar-refractivity contribution in [1.82, 2.24) is 76.3 Å². The first kappa shape index (κ1) is 86.9. The van der Waals surface area contributed by atoms with Crippen LogP contribution < -0.4 is 31.0 Å². The molecule has 2 aliphatic carbocycles. The summed E-state index contributed by atoms with van der Waals surface area (Å²) < 4.78 is 37.1. The minimum atomic E-state index is -0.206. The monoisotopic (exact) mass is 1790 g/mol. The molecule has 2 aliphatic rings. The summed E-state index contributed by atoms with van der Waals surface area (Å²) in [5.41, 5.74) is 28.1. The summed E-state index contributed by atoms with van der Waals surface area (Å²) in [5, 5.41) is 14.0. The molecule has 0 aliphatic heterocycles. The second kappa shape index (κ2) is 41.1. The summed E-state index contributed by atoms with van der Waals surface area (Å²) in [4.78, 5) is 87.0. The van der Waals surface area contributed by atoms with Crippen molar-refractivity contribution in [2.75, 3.05) is 33.4 Å². The molecule has 16 aromatic heterocycles. The Morgan fingerprint density at radius 2 is 0.763 bits per heavy atom. The van der Waals surface area contributed by atoms with Gasteiger partial charge in [0, 0.05) is 226 Å². The first-order chi connectivity index (χ1) is 66.6. The van der Waals surface area contributed by atoms with Crippen molar-refractivity contribution in [3.63, 3.8) is 0 Å². The number of ether oxygens (including phenoxy) is 2. The zero-order valence-corrected chi connectivity index (χ0v) is 73.4. The summed E-state index contributed by atoms with van der Waals surface area (Å²) in [5.74, 6) is 4.86. The van der Waals surface area contributed by atoms with E-state index in [1.54, 1.807) is 88.2 Å². The second-order valence-corrected chi connectivity index (χ2v) is 32.4. The van der Waals surface area contributed by atoms with Gasteiger partial charge in [0.25, 0.3) is 17.7 Å². The number of hydrogen-bond donors (Lipinski definition) is 9. The van der Waals surface area contributed by atoms with Crippen LogP contribution in [0.2, 0.25) is 0 Å². The summed E-state index contributed by atoms with van der Waals surface area (Å²) >= 11 is 0. The highest BCUT2D eigenvalue weighted by molar-refractivity contribution is 6.06. The fraction of sp³-hybridized carbons (Fsp3) is 0.128. The lowest BCUT2D eigenvalue weighted by molar-refractivity contribution is 0.0924. The molecule has 21 aromatic rings. The van der Waals surface area contributed by atoms with Gasteiger partial charge in [-0.2, -0.15) is 5.48 Å². The van der Waals surface area contributed by atoms with Crippen molar-refractivity contribution in [2.24, 2.45) is 5.92 Å². The third-order valence-electron chi connectivity index (χ3n) is 23.6. The Labute approximate surface area is 774 Å². The minimum Gasteiger partial charge on any atom is -0.472 e. The Hall–Kier alpha value is -17.4. The van der Waals surface area contributed by atoms with Crippen molar-refractivity contribution in [3.8, 4) is 141 Å². The van der Waals surface area contributed by atoms with Crippen LogP contribution >= 0.6 is 0 Å². The van der Waals surface area contributed by atoms with Crippen LogP contribution in [-0.4, -0.2) is 112 Å². The molecular weight excluding hydrogens is 1700 g/mol. The first-order valence-electron chi connectivity index (χ1n) is 44.4. The normalized spacial score (nSPS) is 12.3. The van der Waals surface area contributed by atoms with Gasteiger partial charge in [0.1, 0.15) is 34.0 Å². The van der Waals surface area contributed by atoms with Gasteiger partial charge < -0.3 is 77.3 Å². The molecule has 23 rings (SSSR count). The number of amides is 3. The predicted molar refractivity (Wildman–Crippen MR) is 522 cm³/mol. The van der Waals surface area contributed by atoms with Gasteiger partial charge in [-0.15, -0.1) is 6.42 Å². The number of hydroxylamine groups is 1. The van der Waals surface area contributed by atoms with Crippen LogP contribution in [0.25, 0.3) is 166 Å². The van der Waals surface area contributed by atoms with Gasteiger partial charge in [0.05, 0.1) is 82.3 Å². The quantitative estimate of drug-likeness (QED) is 0.0154. The van der Waals surface area contributed by atoms with E-state index in [9.17, 15) is 14.4 Å². The van der Waals surface area contributed by atoms with E-state index in [4.69, 9.17) is 42.8 Å². The summed E-state index contributed by atoms with van der Waals surface area (Å²) in [6, 6.07) is 64.5. The summed E-state index contributed by atoms with van der Waals surface area (Å²) in [7, 11) is 1.66. The van der Waals surface area contributed by atoms with Gasteiger partial charge >= 0.3 is 0 Å². The maximum atomic E-state index is 13.0. The Kier molecular flexibility index (Phi) is 26.5. The van der Waals surface area contributed by atoms with Crippen molar-refractivity contribution in [2.45, 2.75) is 51.0 Å². The van der Waals surface area contributed by atoms with Crippen LogP contribution in [0.5, 0.6) is 17.4 Å². The maximum absolute atomic E-state index is 13.0. The van der Waals surface area contributed by atoms with Crippen LogP contribution in [0, 0.1) is 18.3 Å². The Morgan fingerprint density at radius 1 is 0.393 bits per heavy atom. The number of aromatic amines is 5. The van der Waals surface area contributed by atoms with E-state index in [1.165, 1.54) is 32.1 Å². The first-order valence-corrected chi connectivity index (χ1v) is 44.4. The molecule has 2 saturated carbocycles. The zero-order valence-electron chi connectivity index (χ0n) is 73.4. The number of fused-ring (bicyclic) bond motifs is 5. The number of nitrogens with one attached hydrogen (secondary N) is 9. The highest BCUT2D eigenvalue weighted by atomic mass is 16.6. The molecule has 9 N–H and O–H groups in total. The number of carbonyl (C=O) groups excluding carboxylic acids is 3. The lowest BCUT2D eigenvalue weighted by Gasteiger charge is -2.23. The van der Waals surface area contributed by atoms with Gasteiger partial charge in [0.15, 0.2) is 5.75 Å². The molecule has 0 atom stereocenters. The van der Waals surface area contributed by atoms with E-state index in [2.05, 4.69) is 106 Å². The van der Waals surface area contributed by atoms with E-state index in [-0.39, 0.29) is 30.3 Å². The van der Waals surface area contributed by atoms with Gasteiger partial charge in [-0.25, -0.2) is 29.9 Å². The van der Waals surface area contributed by atoms with Crippen LogP contribution in [0.4, 0.5) is 0 Å². The number of terminal acetylenes is 1. The largest absolute Gasteiger partial charge is 0.472 e. The number of hydrogen-bond acceptors (Lipinski definition) is 18. The Bertz CT molecular complexity index is 7640. The second-order valence-electron chi connectivity index (χ2n) is 32.4. The average molecular weight is 1790 g/mol. The number of H-pyrrole nitrogens is 5. The van der Waals surface area contributed by atoms with Gasteiger partial charge in [-0.3, -0.25) is 14.4 Å². The number of benzene rings is 5. The molecule has 0 saturated heterocycles. The smallest absolute Gasteiger partial charge is 0.252 e. The number of pyridine rings is 6. The lowest BCUT2D eigenvalue weighted by Crippen LogP contribution is -2.36.